The molecule has 100 valence electrons. The average molecular weight is 255 g/mol. The fourth-order valence-electron chi connectivity index (χ4n) is 3.09. The van der Waals surface area contributed by atoms with Crippen LogP contribution in [0.15, 0.2) is 42.7 Å². The maximum absolute atomic E-state index is 4.54. The van der Waals surface area contributed by atoms with Crippen molar-refractivity contribution in [2.45, 2.75) is 31.1 Å². The molecule has 3 heteroatoms. The van der Waals surface area contributed by atoms with Crippen molar-refractivity contribution in [1.82, 2.24) is 15.3 Å². The third-order valence-corrected chi connectivity index (χ3v) is 4.30. The summed E-state index contributed by atoms with van der Waals surface area (Å²) in [5.74, 6) is 1.17. The topological polar surface area (TPSA) is 40.7 Å². The van der Waals surface area contributed by atoms with E-state index in [2.05, 4.69) is 45.6 Å². The molecule has 2 N–H and O–H groups in total. The summed E-state index contributed by atoms with van der Waals surface area (Å²) in [7, 11) is 0. The van der Waals surface area contributed by atoms with Crippen LogP contribution in [0, 0.1) is 0 Å². The summed E-state index contributed by atoms with van der Waals surface area (Å²) in [5.41, 5.74) is 1.65. The first-order valence-electron chi connectivity index (χ1n) is 7.14. The van der Waals surface area contributed by atoms with Gasteiger partial charge in [-0.25, -0.2) is 4.98 Å². The van der Waals surface area contributed by atoms with Crippen molar-refractivity contribution < 1.29 is 0 Å². The van der Waals surface area contributed by atoms with Crippen LogP contribution in [0.4, 0.5) is 0 Å². The minimum Gasteiger partial charge on any atom is -0.348 e. The maximum atomic E-state index is 4.54. The van der Waals surface area contributed by atoms with Crippen LogP contribution in [-0.4, -0.2) is 23.1 Å². The fraction of sp³-hybridized carbons (Fsp3) is 0.438. The quantitative estimate of drug-likeness (QED) is 0.882. The normalized spacial score (nSPS) is 18.3. The van der Waals surface area contributed by atoms with Gasteiger partial charge in [0.1, 0.15) is 5.82 Å². The predicted molar refractivity (Wildman–Crippen MR) is 77.1 cm³/mol. The number of hydrogen-bond acceptors (Lipinski definition) is 2. The van der Waals surface area contributed by atoms with Crippen molar-refractivity contribution in [2.24, 2.45) is 0 Å². The highest BCUT2D eigenvalue weighted by Gasteiger charge is 2.35. The zero-order valence-corrected chi connectivity index (χ0v) is 11.2. The van der Waals surface area contributed by atoms with Gasteiger partial charge in [-0.15, -0.1) is 0 Å². The fourth-order valence-corrected chi connectivity index (χ4v) is 3.09. The molecule has 1 aromatic heterocycles. The van der Waals surface area contributed by atoms with Crippen LogP contribution in [0.2, 0.25) is 0 Å². The maximum Gasteiger partial charge on any atom is 0.112 e. The smallest absolute Gasteiger partial charge is 0.112 e. The molecule has 0 radical (unpaired) electrons. The molecule has 0 bridgehead atoms. The van der Waals surface area contributed by atoms with Gasteiger partial charge in [-0.1, -0.05) is 30.3 Å². The highest BCUT2D eigenvalue weighted by atomic mass is 14.9. The number of piperidine rings is 1. The largest absolute Gasteiger partial charge is 0.348 e. The summed E-state index contributed by atoms with van der Waals surface area (Å²) in [6.07, 6.45) is 8.47. The second kappa shape index (κ2) is 5.57. The molecule has 0 unspecified atom stereocenters. The standard InChI is InChI=1S/C16H21N3/c1-2-4-14(5-3-1)6-7-16(8-10-17-11-9-16)15-18-12-13-19-15/h1-5,12-13,17H,6-11H2,(H,18,19). The molecule has 2 aromatic rings. The monoisotopic (exact) mass is 255 g/mol. The van der Waals surface area contributed by atoms with Gasteiger partial charge in [0.25, 0.3) is 0 Å². The molecule has 0 atom stereocenters. The molecule has 0 aliphatic carbocycles. The van der Waals surface area contributed by atoms with Gasteiger partial charge in [-0.3, -0.25) is 0 Å². The number of benzene rings is 1. The van der Waals surface area contributed by atoms with E-state index in [4.69, 9.17) is 0 Å². The van der Waals surface area contributed by atoms with Crippen molar-refractivity contribution >= 4 is 0 Å². The van der Waals surface area contributed by atoms with E-state index in [1.165, 1.54) is 30.7 Å². The molecule has 3 nitrogen and oxygen atoms in total. The van der Waals surface area contributed by atoms with Crippen LogP contribution in [0.1, 0.15) is 30.7 Å². The predicted octanol–water partition coefficient (Wildman–Crippen LogP) is 2.66. The molecule has 1 aromatic carbocycles. The number of nitrogens with zero attached hydrogens (tertiary/aromatic N) is 1. The van der Waals surface area contributed by atoms with Gasteiger partial charge in [-0.2, -0.15) is 0 Å². The van der Waals surface area contributed by atoms with Crippen LogP contribution in [0.25, 0.3) is 0 Å². The molecule has 0 amide bonds. The van der Waals surface area contributed by atoms with Gasteiger partial charge in [-0.05, 0) is 44.3 Å². The molecule has 19 heavy (non-hydrogen) atoms. The Morgan fingerprint density at radius 3 is 2.58 bits per heavy atom. The Morgan fingerprint density at radius 2 is 1.89 bits per heavy atom. The zero-order chi connectivity index (χ0) is 13.0. The number of rotatable bonds is 4. The molecule has 1 fully saturated rings. The highest BCUT2D eigenvalue weighted by Crippen LogP contribution is 2.35. The SMILES string of the molecule is c1ccc(CCC2(c3ncc[nH]3)CCNCC2)cc1. The van der Waals surface area contributed by atoms with E-state index >= 15 is 0 Å². The number of nitrogens with one attached hydrogen (secondary N) is 2. The highest BCUT2D eigenvalue weighted by molar-refractivity contribution is 5.17. The zero-order valence-electron chi connectivity index (χ0n) is 11.2. The average Bonchev–Trinajstić information content (AvgIpc) is 3.02. The molecule has 3 rings (SSSR count). The first-order valence-corrected chi connectivity index (χ1v) is 7.14. The first-order chi connectivity index (χ1) is 9.39. The summed E-state index contributed by atoms with van der Waals surface area (Å²) < 4.78 is 0. The number of aryl methyl sites for hydroxylation is 1. The van der Waals surface area contributed by atoms with Crippen molar-refractivity contribution in [3.63, 3.8) is 0 Å². The summed E-state index contributed by atoms with van der Waals surface area (Å²) in [6.45, 7) is 2.19. The van der Waals surface area contributed by atoms with Gasteiger partial charge in [0, 0.05) is 17.8 Å². The van der Waals surface area contributed by atoms with Crippen LogP contribution >= 0.6 is 0 Å². The molecule has 2 heterocycles. The van der Waals surface area contributed by atoms with Crippen LogP contribution in [0.5, 0.6) is 0 Å². The van der Waals surface area contributed by atoms with Gasteiger partial charge in [0.15, 0.2) is 0 Å². The third kappa shape index (κ3) is 2.71. The number of aromatic amines is 1. The minimum absolute atomic E-state index is 0.227. The third-order valence-electron chi connectivity index (χ3n) is 4.30. The number of H-pyrrole nitrogens is 1. The van der Waals surface area contributed by atoms with E-state index in [0.717, 1.165) is 19.5 Å². The van der Waals surface area contributed by atoms with Crippen LogP contribution in [0.3, 0.4) is 0 Å². The van der Waals surface area contributed by atoms with Crippen molar-refractivity contribution in [3.05, 3.63) is 54.1 Å². The Bertz CT molecular complexity index is 484. The Kier molecular flexibility index (Phi) is 3.65. The van der Waals surface area contributed by atoms with Gasteiger partial charge in [0.2, 0.25) is 0 Å². The van der Waals surface area contributed by atoms with Gasteiger partial charge < -0.3 is 10.3 Å². The van der Waals surface area contributed by atoms with Gasteiger partial charge >= 0.3 is 0 Å². The number of imidazole rings is 1. The summed E-state index contributed by atoms with van der Waals surface area (Å²) >= 11 is 0. The number of hydrogen-bond donors (Lipinski definition) is 2. The molecule has 1 aliphatic rings. The van der Waals surface area contributed by atoms with Crippen LogP contribution in [-0.2, 0) is 11.8 Å². The lowest BCUT2D eigenvalue weighted by atomic mass is 9.74. The Balaban J connectivity index is 1.76. The van der Waals surface area contributed by atoms with E-state index in [9.17, 15) is 0 Å². The summed E-state index contributed by atoms with van der Waals surface area (Å²) in [6, 6.07) is 10.8. The van der Waals surface area contributed by atoms with Crippen molar-refractivity contribution in [1.29, 1.82) is 0 Å². The van der Waals surface area contributed by atoms with Crippen LogP contribution < -0.4 is 5.32 Å². The van der Waals surface area contributed by atoms with Crippen molar-refractivity contribution in [2.75, 3.05) is 13.1 Å². The summed E-state index contributed by atoms with van der Waals surface area (Å²) in [4.78, 5) is 7.89. The van der Waals surface area contributed by atoms with E-state index < -0.39 is 0 Å². The molecular formula is C16H21N3. The molecule has 0 saturated carbocycles. The lowest BCUT2D eigenvalue weighted by Crippen LogP contribution is -2.41. The molecular weight excluding hydrogens is 234 g/mol. The Labute approximate surface area is 114 Å². The molecule has 1 saturated heterocycles. The molecule has 0 spiro atoms. The van der Waals surface area contributed by atoms with Crippen molar-refractivity contribution in [3.8, 4) is 0 Å². The van der Waals surface area contributed by atoms with Gasteiger partial charge in [0.05, 0.1) is 0 Å². The van der Waals surface area contributed by atoms with E-state index in [1.54, 1.807) is 0 Å². The minimum atomic E-state index is 0.227. The Hall–Kier alpha value is -1.61. The molecule has 1 aliphatic heterocycles. The van der Waals surface area contributed by atoms with E-state index in [-0.39, 0.29) is 5.41 Å². The lowest BCUT2D eigenvalue weighted by Gasteiger charge is -2.36. The number of aromatic nitrogens is 2. The Morgan fingerprint density at radius 1 is 1.11 bits per heavy atom. The lowest BCUT2D eigenvalue weighted by molar-refractivity contribution is 0.274. The summed E-state index contributed by atoms with van der Waals surface area (Å²) in [5, 5.41) is 3.46. The first kappa shape index (κ1) is 12.4. The second-order valence-electron chi connectivity index (χ2n) is 5.45. The van der Waals surface area contributed by atoms with E-state index in [1.807, 2.05) is 12.4 Å². The second-order valence-corrected chi connectivity index (χ2v) is 5.45. The van der Waals surface area contributed by atoms with E-state index in [0.29, 0.717) is 0 Å².